The molecule has 0 aliphatic heterocycles. The third-order valence-electron chi connectivity index (χ3n) is 2.15. The molecule has 0 aliphatic carbocycles. The van der Waals surface area contributed by atoms with Crippen molar-refractivity contribution in [3.8, 4) is 0 Å². The van der Waals surface area contributed by atoms with Gasteiger partial charge in [0.05, 0.1) is 6.54 Å². The van der Waals surface area contributed by atoms with Gasteiger partial charge < -0.3 is 5.11 Å². The van der Waals surface area contributed by atoms with Crippen LogP contribution in [0.25, 0.3) is 0 Å². The van der Waals surface area contributed by atoms with E-state index in [0.717, 1.165) is 18.2 Å². The van der Waals surface area contributed by atoms with Crippen LogP contribution in [0.15, 0.2) is 30.9 Å². The second kappa shape index (κ2) is 6.10. The summed E-state index contributed by atoms with van der Waals surface area (Å²) in [5.41, 5.74) is 0.133. The van der Waals surface area contributed by atoms with Gasteiger partial charge in [0.2, 0.25) is 0 Å². The molecule has 0 fully saturated rings. The summed E-state index contributed by atoms with van der Waals surface area (Å²) >= 11 is 0. The van der Waals surface area contributed by atoms with Gasteiger partial charge in [-0.15, -0.1) is 6.58 Å². The number of halogens is 2. The summed E-state index contributed by atoms with van der Waals surface area (Å²) in [7, 11) is 0. The lowest BCUT2D eigenvalue weighted by Gasteiger charge is -2.18. The molecule has 0 unspecified atom stereocenters. The molecule has 0 heterocycles. The zero-order chi connectivity index (χ0) is 12.8. The Hall–Kier alpha value is -1.75. The normalized spacial score (nSPS) is 10.5. The first-order valence-electron chi connectivity index (χ1n) is 5.02. The number of benzene rings is 1. The van der Waals surface area contributed by atoms with Crippen molar-refractivity contribution in [2.75, 3.05) is 13.1 Å². The Morgan fingerprint density at radius 2 is 2.18 bits per heavy atom. The molecule has 0 saturated carbocycles. The largest absolute Gasteiger partial charge is 0.480 e. The molecule has 1 aromatic carbocycles. The zero-order valence-corrected chi connectivity index (χ0v) is 9.20. The van der Waals surface area contributed by atoms with Gasteiger partial charge in [0.15, 0.2) is 0 Å². The van der Waals surface area contributed by atoms with Gasteiger partial charge >= 0.3 is 5.97 Å². The van der Waals surface area contributed by atoms with Crippen LogP contribution in [-0.2, 0) is 11.3 Å². The van der Waals surface area contributed by atoms with Gasteiger partial charge in [-0.3, -0.25) is 9.69 Å². The summed E-state index contributed by atoms with van der Waals surface area (Å²) < 4.78 is 26.3. The number of carbonyl (C=O) groups is 1. The molecule has 17 heavy (non-hydrogen) atoms. The maximum absolute atomic E-state index is 13.3. The lowest BCUT2D eigenvalue weighted by molar-refractivity contribution is -0.138. The minimum absolute atomic E-state index is 0.0297. The molecule has 0 radical (unpaired) electrons. The standard InChI is InChI=1S/C12H13F2NO2/c1-2-5-15(8-12(16)17)7-9-6-10(13)3-4-11(9)14/h2-4,6H,1,5,7-8H2,(H,16,17). The average Bonchev–Trinajstić information content (AvgIpc) is 2.23. The highest BCUT2D eigenvalue weighted by Crippen LogP contribution is 2.12. The molecule has 1 N–H and O–H groups in total. The van der Waals surface area contributed by atoms with Crippen molar-refractivity contribution in [2.45, 2.75) is 6.54 Å². The Kier molecular flexibility index (Phi) is 4.78. The molecule has 5 heteroatoms. The van der Waals surface area contributed by atoms with Gasteiger partial charge in [0, 0.05) is 18.7 Å². The molecule has 0 aromatic heterocycles. The van der Waals surface area contributed by atoms with Crippen LogP contribution in [0.2, 0.25) is 0 Å². The second-order valence-corrected chi connectivity index (χ2v) is 3.59. The first-order chi connectivity index (χ1) is 8.02. The van der Waals surface area contributed by atoms with Crippen LogP contribution in [0.4, 0.5) is 8.78 Å². The van der Waals surface area contributed by atoms with Crippen molar-refractivity contribution in [3.05, 3.63) is 48.1 Å². The van der Waals surface area contributed by atoms with Crippen LogP contribution in [0.3, 0.4) is 0 Å². The number of carboxylic acid groups (broad SMARTS) is 1. The van der Waals surface area contributed by atoms with Crippen LogP contribution < -0.4 is 0 Å². The first-order valence-corrected chi connectivity index (χ1v) is 5.02. The molecular formula is C12H13F2NO2. The fourth-order valence-corrected chi connectivity index (χ4v) is 1.46. The van der Waals surface area contributed by atoms with E-state index in [-0.39, 0.29) is 18.7 Å². The quantitative estimate of drug-likeness (QED) is 0.775. The zero-order valence-electron chi connectivity index (χ0n) is 9.20. The first kappa shape index (κ1) is 13.3. The summed E-state index contributed by atoms with van der Waals surface area (Å²) in [6.07, 6.45) is 1.51. The molecule has 0 spiro atoms. The highest BCUT2D eigenvalue weighted by Gasteiger charge is 2.12. The summed E-state index contributed by atoms with van der Waals surface area (Å²) in [5.74, 6) is -2.12. The molecule has 0 aliphatic rings. The van der Waals surface area contributed by atoms with E-state index in [4.69, 9.17) is 5.11 Å². The van der Waals surface area contributed by atoms with Crippen molar-refractivity contribution >= 4 is 5.97 Å². The monoisotopic (exact) mass is 241 g/mol. The summed E-state index contributed by atoms with van der Waals surface area (Å²) in [6, 6.07) is 3.11. The van der Waals surface area contributed by atoms with Crippen molar-refractivity contribution < 1.29 is 18.7 Å². The van der Waals surface area contributed by atoms with Crippen LogP contribution in [0.5, 0.6) is 0 Å². The maximum atomic E-state index is 13.3. The van der Waals surface area contributed by atoms with Gasteiger partial charge in [-0.2, -0.15) is 0 Å². The lowest BCUT2D eigenvalue weighted by Crippen LogP contribution is -2.29. The minimum Gasteiger partial charge on any atom is -0.480 e. The van der Waals surface area contributed by atoms with Crippen molar-refractivity contribution in [2.24, 2.45) is 0 Å². The van der Waals surface area contributed by atoms with E-state index in [2.05, 4.69) is 6.58 Å². The number of carboxylic acids is 1. The molecule has 0 atom stereocenters. The van der Waals surface area contributed by atoms with Gasteiger partial charge in [-0.05, 0) is 18.2 Å². The minimum atomic E-state index is -1.02. The smallest absolute Gasteiger partial charge is 0.317 e. The van der Waals surface area contributed by atoms with Gasteiger partial charge in [-0.25, -0.2) is 8.78 Å². The molecule has 92 valence electrons. The molecule has 1 rings (SSSR count). The van der Waals surface area contributed by atoms with E-state index in [0.29, 0.717) is 6.54 Å². The highest BCUT2D eigenvalue weighted by molar-refractivity contribution is 5.69. The van der Waals surface area contributed by atoms with E-state index in [1.165, 1.54) is 11.0 Å². The Balaban J connectivity index is 2.80. The van der Waals surface area contributed by atoms with E-state index in [9.17, 15) is 13.6 Å². The predicted molar refractivity (Wildman–Crippen MR) is 59.5 cm³/mol. The third-order valence-corrected chi connectivity index (χ3v) is 2.15. The van der Waals surface area contributed by atoms with Crippen molar-refractivity contribution in [1.82, 2.24) is 4.90 Å². The average molecular weight is 241 g/mol. The number of nitrogens with zero attached hydrogens (tertiary/aromatic N) is 1. The van der Waals surface area contributed by atoms with Gasteiger partial charge in [0.25, 0.3) is 0 Å². The SMILES string of the molecule is C=CCN(CC(=O)O)Cc1cc(F)ccc1F. The van der Waals surface area contributed by atoms with Crippen molar-refractivity contribution in [1.29, 1.82) is 0 Å². The van der Waals surface area contributed by atoms with E-state index >= 15 is 0 Å². The van der Waals surface area contributed by atoms with Crippen LogP contribution in [0, 0.1) is 11.6 Å². The number of hydrogen-bond donors (Lipinski definition) is 1. The molecule has 3 nitrogen and oxygen atoms in total. The molecule has 0 amide bonds. The molecule has 1 aromatic rings. The van der Waals surface area contributed by atoms with E-state index in [1.807, 2.05) is 0 Å². The van der Waals surface area contributed by atoms with Gasteiger partial charge in [-0.1, -0.05) is 6.08 Å². The second-order valence-electron chi connectivity index (χ2n) is 3.59. The van der Waals surface area contributed by atoms with Crippen LogP contribution in [-0.4, -0.2) is 29.1 Å². The molecule has 0 bridgehead atoms. The topological polar surface area (TPSA) is 40.5 Å². The Bertz CT molecular complexity index is 421. The summed E-state index contributed by atoms with van der Waals surface area (Å²) in [5, 5.41) is 8.67. The van der Waals surface area contributed by atoms with Crippen LogP contribution in [0.1, 0.15) is 5.56 Å². The summed E-state index contributed by atoms with van der Waals surface area (Å²) in [6.45, 7) is 3.56. The third kappa shape index (κ3) is 4.32. The number of aliphatic carboxylic acids is 1. The van der Waals surface area contributed by atoms with E-state index in [1.54, 1.807) is 0 Å². The highest BCUT2D eigenvalue weighted by atomic mass is 19.1. The Morgan fingerprint density at radius 3 is 2.76 bits per heavy atom. The Labute approximate surface area is 98.0 Å². The fourth-order valence-electron chi connectivity index (χ4n) is 1.46. The number of hydrogen-bond acceptors (Lipinski definition) is 2. The molecule has 0 saturated heterocycles. The summed E-state index contributed by atoms with van der Waals surface area (Å²) in [4.78, 5) is 12.0. The van der Waals surface area contributed by atoms with E-state index < -0.39 is 17.6 Å². The predicted octanol–water partition coefficient (Wildman–Crippen LogP) is 2.04. The Morgan fingerprint density at radius 1 is 1.47 bits per heavy atom. The van der Waals surface area contributed by atoms with Crippen molar-refractivity contribution in [3.63, 3.8) is 0 Å². The fraction of sp³-hybridized carbons (Fsp3) is 0.250. The van der Waals surface area contributed by atoms with Gasteiger partial charge in [0.1, 0.15) is 11.6 Å². The maximum Gasteiger partial charge on any atom is 0.317 e. The lowest BCUT2D eigenvalue weighted by atomic mass is 10.2. The number of rotatable bonds is 6. The van der Waals surface area contributed by atoms with Crippen LogP contribution >= 0.6 is 0 Å². The molecular weight excluding hydrogens is 228 g/mol.